The van der Waals surface area contributed by atoms with E-state index in [9.17, 15) is 27.6 Å². The zero-order chi connectivity index (χ0) is 24.6. The molecule has 0 bridgehead atoms. The highest BCUT2D eigenvalue weighted by molar-refractivity contribution is 6.31. The van der Waals surface area contributed by atoms with E-state index in [1.54, 1.807) is 10.6 Å². The Kier molecular flexibility index (Phi) is 6.32. The van der Waals surface area contributed by atoms with Crippen LogP contribution in [0.25, 0.3) is 0 Å². The molecule has 2 aromatic rings. The summed E-state index contributed by atoms with van der Waals surface area (Å²) in [5.74, 6) is -3.00. The normalized spacial score (nSPS) is 18.1. The molecule has 9 nitrogen and oxygen atoms in total. The van der Waals surface area contributed by atoms with Crippen molar-refractivity contribution in [2.75, 3.05) is 26.2 Å². The van der Waals surface area contributed by atoms with Crippen LogP contribution in [0.4, 0.5) is 23.7 Å². The molecule has 2 N–H and O–H groups in total. The first kappa shape index (κ1) is 24.0. The molecule has 4 amide bonds. The van der Waals surface area contributed by atoms with Gasteiger partial charge in [0.15, 0.2) is 11.5 Å². The van der Waals surface area contributed by atoms with Crippen molar-refractivity contribution in [1.82, 2.24) is 10.6 Å². The first-order valence-electron chi connectivity index (χ1n) is 9.10. The molecule has 1 atom stereocenters. The average molecular weight is 488 g/mol. The largest absolute Gasteiger partial charge is 0.493 e. The lowest BCUT2D eigenvalue weighted by molar-refractivity contribution is -0.197. The molecule has 0 saturated carbocycles. The van der Waals surface area contributed by atoms with Gasteiger partial charge in [-0.05, 0) is 36.4 Å². The van der Waals surface area contributed by atoms with Gasteiger partial charge in [-0.25, -0.2) is 9.69 Å². The van der Waals surface area contributed by atoms with Gasteiger partial charge in [-0.3, -0.25) is 14.9 Å². The molecule has 1 heterocycles. The number of benzene rings is 2. The van der Waals surface area contributed by atoms with Gasteiger partial charge in [0.05, 0.1) is 27.0 Å². The van der Waals surface area contributed by atoms with Crippen LogP contribution < -0.4 is 29.7 Å². The number of nitrogens with zero attached hydrogens (tertiary/aromatic N) is 1. The Morgan fingerprint density at radius 2 is 1.58 bits per heavy atom. The van der Waals surface area contributed by atoms with Crippen molar-refractivity contribution < 1.29 is 41.8 Å². The summed E-state index contributed by atoms with van der Waals surface area (Å²) in [6.45, 7) is 0. The lowest BCUT2D eigenvalue weighted by Gasteiger charge is -2.30. The number of urea groups is 1. The fourth-order valence-corrected chi connectivity index (χ4v) is 3.28. The second-order valence-electron chi connectivity index (χ2n) is 6.66. The Hall–Kier alpha value is -3.67. The van der Waals surface area contributed by atoms with E-state index >= 15 is 0 Å². The number of nitrogens with one attached hydrogen (secondary N) is 2. The summed E-state index contributed by atoms with van der Waals surface area (Å²) < 4.78 is 57.6. The maximum Gasteiger partial charge on any atom is 0.440 e. The van der Waals surface area contributed by atoms with Gasteiger partial charge in [-0.15, -0.1) is 0 Å². The second kappa shape index (κ2) is 8.70. The van der Waals surface area contributed by atoms with Crippen LogP contribution >= 0.6 is 11.6 Å². The van der Waals surface area contributed by atoms with Crippen molar-refractivity contribution in [3.8, 4) is 17.2 Å². The van der Waals surface area contributed by atoms with Crippen LogP contribution in [0.2, 0.25) is 5.02 Å². The quantitative estimate of drug-likeness (QED) is 0.606. The van der Waals surface area contributed by atoms with Gasteiger partial charge in [0.25, 0.3) is 17.5 Å². The summed E-state index contributed by atoms with van der Waals surface area (Å²) in [4.78, 5) is 38.4. The predicted octanol–water partition coefficient (Wildman–Crippen LogP) is 3.11. The van der Waals surface area contributed by atoms with E-state index in [1.165, 1.54) is 45.6 Å². The van der Waals surface area contributed by atoms with E-state index in [0.717, 1.165) is 12.1 Å². The highest BCUT2D eigenvalue weighted by atomic mass is 35.5. The fraction of sp³-hybridized carbons (Fsp3) is 0.250. The summed E-state index contributed by atoms with van der Waals surface area (Å²) in [5, 5.41) is 3.42. The Labute approximate surface area is 190 Å². The summed E-state index contributed by atoms with van der Waals surface area (Å²) in [7, 11) is 3.80. The molecule has 0 radical (unpaired) electrons. The molecule has 2 aromatic carbocycles. The van der Waals surface area contributed by atoms with Crippen molar-refractivity contribution >= 4 is 35.1 Å². The standard InChI is InChI=1S/C20H17ClF3N3O6/c1-31-13-8-10(9-14(32-2)15(13)33-3)16(28)25-19(20(22,23)24)17(29)27(18(30)26-19)12-6-4-11(21)5-7-12/h4-9H,1-3H3,(H,25,28)(H,26,30)/t19-/m1/s1. The number of rotatable bonds is 6. The molecule has 0 aliphatic carbocycles. The van der Waals surface area contributed by atoms with Gasteiger partial charge < -0.3 is 19.5 Å². The average Bonchev–Trinajstić information content (AvgIpc) is 3.03. The number of anilines is 1. The Balaban J connectivity index is 2.03. The van der Waals surface area contributed by atoms with Crippen molar-refractivity contribution in [2.24, 2.45) is 0 Å². The first-order chi connectivity index (χ1) is 15.5. The molecule has 176 valence electrons. The molecule has 3 rings (SSSR count). The van der Waals surface area contributed by atoms with E-state index in [4.69, 9.17) is 25.8 Å². The van der Waals surface area contributed by atoms with Gasteiger partial charge in [-0.2, -0.15) is 13.2 Å². The third-order valence-electron chi connectivity index (χ3n) is 4.76. The van der Waals surface area contributed by atoms with Crippen LogP contribution in [0.15, 0.2) is 36.4 Å². The van der Waals surface area contributed by atoms with Gasteiger partial charge in [0.2, 0.25) is 5.75 Å². The summed E-state index contributed by atoms with van der Waals surface area (Å²) in [6, 6.07) is 5.77. The maximum atomic E-state index is 14.1. The van der Waals surface area contributed by atoms with Crippen LogP contribution in [0.5, 0.6) is 17.2 Å². The van der Waals surface area contributed by atoms with Gasteiger partial charge in [0, 0.05) is 10.6 Å². The lowest BCUT2D eigenvalue weighted by atomic mass is 10.1. The lowest BCUT2D eigenvalue weighted by Crippen LogP contribution is -2.69. The molecule has 0 unspecified atom stereocenters. The molecule has 1 aliphatic rings. The molecule has 1 aliphatic heterocycles. The van der Waals surface area contributed by atoms with E-state index in [0.29, 0.717) is 0 Å². The second-order valence-corrected chi connectivity index (χ2v) is 7.10. The van der Waals surface area contributed by atoms with Crippen LogP contribution in [-0.4, -0.2) is 51.0 Å². The van der Waals surface area contributed by atoms with E-state index in [2.05, 4.69) is 0 Å². The highest BCUT2D eigenvalue weighted by Crippen LogP contribution is 2.39. The highest BCUT2D eigenvalue weighted by Gasteiger charge is 2.69. The molecule has 33 heavy (non-hydrogen) atoms. The number of imide groups is 1. The van der Waals surface area contributed by atoms with Crippen molar-refractivity contribution in [2.45, 2.75) is 11.8 Å². The third kappa shape index (κ3) is 4.09. The Morgan fingerprint density at radius 1 is 1.03 bits per heavy atom. The maximum absolute atomic E-state index is 14.1. The van der Waals surface area contributed by atoms with Gasteiger partial charge >= 0.3 is 12.2 Å². The number of hydrogen-bond acceptors (Lipinski definition) is 6. The topological polar surface area (TPSA) is 106 Å². The third-order valence-corrected chi connectivity index (χ3v) is 5.01. The van der Waals surface area contributed by atoms with Crippen LogP contribution in [0, 0.1) is 0 Å². The van der Waals surface area contributed by atoms with Crippen molar-refractivity contribution in [3.63, 3.8) is 0 Å². The Morgan fingerprint density at radius 3 is 2.03 bits per heavy atom. The van der Waals surface area contributed by atoms with E-state index in [-0.39, 0.29) is 38.4 Å². The summed E-state index contributed by atoms with van der Waals surface area (Å²) >= 11 is 5.76. The number of amides is 4. The van der Waals surface area contributed by atoms with Crippen molar-refractivity contribution in [3.05, 3.63) is 47.0 Å². The number of carbonyl (C=O) groups is 3. The summed E-state index contributed by atoms with van der Waals surface area (Å²) in [6.07, 6.45) is -5.39. The summed E-state index contributed by atoms with van der Waals surface area (Å²) in [5.41, 5.74) is -4.24. The molecule has 0 aromatic heterocycles. The smallest absolute Gasteiger partial charge is 0.440 e. The van der Waals surface area contributed by atoms with Gasteiger partial charge in [0.1, 0.15) is 0 Å². The number of halogens is 4. The zero-order valence-electron chi connectivity index (χ0n) is 17.4. The van der Waals surface area contributed by atoms with Crippen molar-refractivity contribution in [1.29, 1.82) is 0 Å². The number of ether oxygens (including phenoxy) is 3. The molecule has 0 spiro atoms. The SMILES string of the molecule is COc1cc(C(=O)N[C@@]2(C(F)(F)F)NC(=O)N(c3ccc(Cl)cc3)C2=O)cc(OC)c1OC. The minimum Gasteiger partial charge on any atom is -0.493 e. The molecular weight excluding hydrogens is 471 g/mol. The molecular formula is C20H17ClF3N3O6. The van der Waals surface area contributed by atoms with Gasteiger partial charge in [-0.1, -0.05) is 11.6 Å². The Bertz CT molecular complexity index is 1080. The monoisotopic (exact) mass is 487 g/mol. The number of methoxy groups -OCH3 is 3. The van der Waals surface area contributed by atoms with Crippen LogP contribution in [0.1, 0.15) is 10.4 Å². The minimum absolute atomic E-state index is 0.00682. The molecule has 1 saturated heterocycles. The van der Waals surface area contributed by atoms with Crippen LogP contribution in [0.3, 0.4) is 0 Å². The van der Waals surface area contributed by atoms with E-state index < -0.39 is 29.7 Å². The fourth-order valence-electron chi connectivity index (χ4n) is 3.16. The number of alkyl halides is 3. The number of carbonyl (C=O) groups excluding carboxylic acids is 3. The number of hydrogen-bond donors (Lipinski definition) is 2. The van der Waals surface area contributed by atoms with E-state index in [1.807, 2.05) is 0 Å². The zero-order valence-corrected chi connectivity index (χ0v) is 18.1. The molecule has 13 heteroatoms. The molecule has 1 fully saturated rings. The minimum atomic E-state index is -5.39. The first-order valence-corrected chi connectivity index (χ1v) is 9.48. The van der Waals surface area contributed by atoms with Crippen LogP contribution in [-0.2, 0) is 4.79 Å². The predicted molar refractivity (Wildman–Crippen MR) is 110 cm³/mol.